The lowest BCUT2D eigenvalue weighted by atomic mass is 10.1. The second kappa shape index (κ2) is 8.33. The number of nitro groups is 1. The molecule has 0 aliphatic carbocycles. The molecule has 31 heavy (non-hydrogen) atoms. The van der Waals surface area contributed by atoms with Crippen LogP contribution in [0.4, 0.5) is 16.2 Å². The molecular formula is C18H15N5O7S. The van der Waals surface area contributed by atoms with Gasteiger partial charge in [0.1, 0.15) is 12.2 Å². The quantitative estimate of drug-likeness (QED) is 0.254. The first-order valence-corrected chi connectivity index (χ1v) is 10.1. The number of sulfonamides is 1. The fourth-order valence-corrected chi connectivity index (χ4v) is 3.20. The Balaban J connectivity index is 1.69. The maximum absolute atomic E-state index is 12.5. The number of hydrogen-bond acceptors (Lipinski definition) is 7. The number of non-ortho nitro benzene ring substituents is 1. The first kappa shape index (κ1) is 21.6. The lowest BCUT2D eigenvalue weighted by Gasteiger charge is -2.12. The topological polar surface area (TPSA) is 182 Å². The van der Waals surface area contributed by atoms with Gasteiger partial charge in [0.15, 0.2) is 0 Å². The molecule has 1 fully saturated rings. The summed E-state index contributed by atoms with van der Waals surface area (Å²) in [4.78, 5) is 47.5. The Hall–Kier alpha value is -4.10. The number of amides is 4. The average Bonchev–Trinajstić information content (AvgIpc) is 2.95. The number of imide groups is 1. The third kappa shape index (κ3) is 5.09. The Bertz CT molecular complexity index is 1220. The maximum Gasteiger partial charge on any atom is 0.329 e. The van der Waals surface area contributed by atoms with Crippen LogP contribution in [0.2, 0.25) is 0 Å². The average molecular weight is 445 g/mol. The zero-order valence-electron chi connectivity index (χ0n) is 15.6. The van der Waals surface area contributed by atoms with Gasteiger partial charge in [0, 0.05) is 17.8 Å². The number of carbonyl (C=O) groups excluding carboxylic acids is 3. The molecule has 160 valence electrons. The van der Waals surface area contributed by atoms with Crippen molar-refractivity contribution < 1.29 is 27.7 Å². The summed E-state index contributed by atoms with van der Waals surface area (Å²) in [6, 6.07) is 9.61. The van der Waals surface area contributed by atoms with Crippen molar-refractivity contribution >= 4 is 45.3 Å². The van der Waals surface area contributed by atoms with Gasteiger partial charge >= 0.3 is 6.03 Å². The monoisotopic (exact) mass is 445 g/mol. The first-order valence-electron chi connectivity index (χ1n) is 8.56. The van der Waals surface area contributed by atoms with Crippen molar-refractivity contribution in [3.63, 3.8) is 0 Å². The lowest BCUT2D eigenvalue weighted by molar-refractivity contribution is -0.384. The molecule has 4 N–H and O–H groups in total. The Labute approximate surface area is 175 Å². The van der Waals surface area contributed by atoms with E-state index in [1.54, 1.807) is 0 Å². The highest BCUT2D eigenvalue weighted by Crippen LogP contribution is 2.18. The molecule has 0 aromatic heterocycles. The third-order valence-electron chi connectivity index (χ3n) is 4.12. The van der Waals surface area contributed by atoms with Crippen LogP contribution in [-0.4, -0.2) is 42.6 Å². The number of carbonyl (C=O) groups is 3. The molecule has 1 saturated heterocycles. The molecular weight excluding hydrogens is 430 g/mol. The molecule has 0 atom stereocenters. The fourth-order valence-electron chi connectivity index (χ4n) is 2.68. The molecule has 0 saturated carbocycles. The minimum absolute atomic E-state index is 0.143. The van der Waals surface area contributed by atoms with Crippen molar-refractivity contribution in [2.45, 2.75) is 4.90 Å². The molecule has 1 aliphatic rings. The van der Waals surface area contributed by atoms with E-state index in [-0.39, 0.29) is 22.0 Å². The van der Waals surface area contributed by atoms with E-state index in [2.05, 4.69) is 10.6 Å². The van der Waals surface area contributed by atoms with E-state index in [9.17, 15) is 32.9 Å². The van der Waals surface area contributed by atoms with E-state index < -0.39 is 39.3 Å². The molecule has 2 aromatic carbocycles. The van der Waals surface area contributed by atoms with Crippen LogP contribution in [0.25, 0.3) is 6.08 Å². The van der Waals surface area contributed by atoms with Gasteiger partial charge in [0.2, 0.25) is 15.9 Å². The van der Waals surface area contributed by atoms with E-state index >= 15 is 0 Å². The standard InChI is InChI=1S/C18H15N5O7S/c19-31(29,30)14-6-4-12(5-7-14)20-16(24)10-22-17(25)15(21-18(22)26)9-11-2-1-3-13(8-11)23(27)28/h1-9H,10H2,(H,20,24)(H,21,26)(H2,19,29,30)/b15-9-. The van der Waals surface area contributed by atoms with Crippen LogP contribution in [-0.2, 0) is 19.6 Å². The van der Waals surface area contributed by atoms with Crippen LogP contribution in [0.15, 0.2) is 59.1 Å². The number of nitrogens with one attached hydrogen (secondary N) is 2. The summed E-state index contributed by atoms with van der Waals surface area (Å²) in [7, 11) is -3.88. The molecule has 0 radical (unpaired) electrons. The van der Waals surface area contributed by atoms with Crippen LogP contribution in [0, 0.1) is 10.1 Å². The normalized spacial score (nSPS) is 15.1. The highest BCUT2D eigenvalue weighted by atomic mass is 32.2. The fraction of sp³-hybridized carbons (Fsp3) is 0.0556. The summed E-state index contributed by atoms with van der Waals surface area (Å²) in [5.41, 5.74) is 0.225. The number of urea groups is 1. The van der Waals surface area contributed by atoms with Crippen LogP contribution in [0.1, 0.15) is 5.56 Å². The van der Waals surface area contributed by atoms with Gasteiger partial charge in [-0.05, 0) is 35.9 Å². The van der Waals surface area contributed by atoms with Crippen molar-refractivity contribution in [2.75, 3.05) is 11.9 Å². The van der Waals surface area contributed by atoms with Gasteiger partial charge in [-0.1, -0.05) is 12.1 Å². The third-order valence-corrected chi connectivity index (χ3v) is 5.05. The molecule has 12 nitrogen and oxygen atoms in total. The number of nitro benzene ring substituents is 1. The Morgan fingerprint density at radius 3 is 2.48 bits per heavy atom. The minimum atomic E-state index is -3.88. The Kier molecular flexibility index (Phi) is 5.81. The Morgan fingerprint density at radius 2 is 1.87 bits per heavy atom. The molecule has 13 heteroatoms. The number of anilines is 1. The number of hydrogen-bond donors (Lipinski definition) is 3. The maximum atomic E-state index is 12.5. The van der Waals surface area contributed by atoms with Crippen molar-refractivity contribution in [3.8, 4) is 0 Å². The van der Waals surface area contributed by atoms with Crippen LogP contribution in [0.3, 0.4) is 0 Å². The van der Waals surface area contributed by atoms with E-state index in [0.29, 0.717) is 10.5 Å². The number of nitrogens with zero attached hydrogens (tertiary/aromatic N) is 2. The molecule has 2 aromatic rings. The van der Waals surface area contributed by atoms with Gasteiger partial charge in [-0.2, -0.15) is 0 Å². The van der Waals surface area contributed by atoms with Crippen LogP contribution < -0.4 is 15.8 Å². The van der Waals surface area contributed by atoms with Gasteiger partial charge in [0.05, 0.1) is 9.82 Å². The molecule has 0 bridgehead atoms. The SMILES string of the molecule is NS(=O)(=O)c1ccc(NC(=O)CN2C(=O)N/C(=C\c3cccc([N+](=O)[O-])c3)C2=O)cc1. The second-order valence-corrected chi connectivity index (χ2v) is 7.91. The highest BCUT2D eigenvalue weighted by Gasteiger charge is 2.35. The largest absolute Gasteiger partial charge is 0.329 e. The van der Waals surface area contributed by atoms with Crippen LogP contribution >= 0.6 is 0 Å². The number of primary sulfonamides is 1. The second-order valence-electron chi connectivity index (χ2n) is 6.35. The zero-order valence-corrected chi connectivity index (χ0v) is 16.5. The van der Waals surface area contributed by atoms with E-state index in [4.69, 9.17) is 5.14 Å². The van der Waals surface area contributed by atoms with Crippen molar-refractivity contribution in [2.24, 2.45) is 5.14 Å². The minimum Gasteiger partial charge on any atom is -0.325 e. The Morgan fingerprint density at radius 1 is 1.19 bits per heavy atom. The van der Waals surface area contributed by atoms with Crippen LogP contribution in [0.5, 0.6) is 0 Å². The first-order chi connectivity index (χ1) is 14.5. The van der Waals surface area contributed by atoms with Crippen molar-refractivity contribution in [1.29, 1.82) is 0 Å². The van der Waals surface area contributed by atoms with Gasteiger partial charge in [0.25, 0.3) is 11.6 Å². The lowest BCUT2D eigenvalue weighted by Crippen LogP contribution is -2.38. The number of benzene rings is 2. The smallest absolute Gasteiger partial charge is 0.325 e. The number of rotatable bonds is 6. The molecule has 4 amide bonds. The van der Waals surface area contributed by atoms with Gasteiger partial charge < -0.3 is 10.6 Å². The summed E-state index contributed by atoms with van der Waals surface area (Å²) < 4.78 is 22.5. The van der Waals surface area contributed by atoms with E-state index in [1.165, 1.54) is 54.6 Å². The molecule has 0 spiro atoms. The molecule has 0 unspecified atom stereocenters. The predicted molar refractivity (Wildman–Crippen MR) is 108 cm³/mol. The predicted octanol–water partition coefficient (Wildman–Crippen LogP) is 0.774. The van der Waals surface area contributed by atoms with Gasteiger partial charge in [-0.25, -0.2) is 23.3 Å². The molecule has 1 aliphatic heterocycles. The van der Waals surface area contributed by atoms with Crippen molar-refractivity contribution in [1.82, 2.24) is 10.2 Å². The van der Waals surface area contributed by atoms with Gasteiger partial charge in [-0.15, -0.1) is 0 Å². The summed E-state index contributed by atoms with van der Waals surface area (Å²) in [5.74, 6) is -1.49. The van der Waals surface area contributed by atoms with E-state index in [0.717, 1.165) is 0 Å². The molecule has 1 heterocycles. The summed E-state index contributed by atoms with van der Waals surface area (Å²) in [5, 5.41) is 20.6. The summed E-state index contributed by atoms with van der Waals surface area (Å²) in [6.45, 7) is -0.603. The van der Waals surface area contributed by atoms with Gasteiger partial charge in [-0.3, -0.25) is 19.7 Å². The van der Waals surface area contributed by atoms with Crippen molar-refractivity contribution in [3.05, 3.63) is 69.9 Å². The summed E-state index contributed by atoms with van der Waals surface area (Å²) in [6.07, 6.45) is 1.26. The zero-order chi connectivity index (χ0) is 22.8. The van der Waals surface area contributed by atoms with E-state index in [1.807, 2.05) is 0 Å². The summed E-state index contributed by atoms with van der Waals surface area (Å²) >= 11 is 0. The number of nitrogens with two attached hydrogens (primary N) is 1. The molecule has 3 rings (SSSR count). The highest BCUT2D eigenvalue weighted by molar-refractivity contribution is 7.89.